The van der Waals surface area contributed by atoms with E-state index in [1.54, 1.807) is 0 Å². The predicted molar refractivity (Wildman–Crippen MR) is 78.3 cm³/mol. The lowest BCUT2D eigenvalue weighted by Crippen LogP contribution is -2.40. The summed E-state index contributed by atoms with van der Waals surface area (Å²) in [6, 6.07) is 0.671. The van der Waals surface area contributed by atoms with E-state index in [-0.39, 0.29) is 0 Å². The minimum absolute atomic E-state index is 0.644. The van der Waals surface area contributed by atoms with Crippen LogP contribution in [0.5, 0.6) is 0 Å². The molecule has 0 aromatic carbocycles. The van der Waals surface area contributed by atoms with Gasteiger partial charge in [-0.15, -0.1) is 0 Å². The van der Waals surface area contributed by atoms with E-state index in [4.69, 9.17) is 5.73 Å². The molecule has 3 rings (SSSR count). The van der Waals surface area contributed by atoms with Crippen molar-refractivity contribution in [2.45, 2.75) is 51.0 Å². The average Bonchev–Trinajstić information content (AvgIpc) is 2.98. The predicted octanol–water partition coefficient (Wildman–Crippen LogP) is 2.56. The molecule has 1 atom stereocenters. The molecule has 2 fully saturated rings. The molecule has 1 saturated carbocycles. The summed E-state index contributed by atoms with van der Waals surface area (Å²) in [7, 11) is 0. The lowest BCUT2D eigenvalue weighted by molar-refractivity contribution is 0.346. The molecule has 1 aliphatic heterocycles. The highest BCUT2D eigenvalue weighted by Crippen LogP contribution is 2.32. The highest BCUT2D eigenvalue weighted by atomic mass is 15.3. The summed E-state index contributed by atoms with van der Waals surface area (Å²) >= 11 is 0. The summed E-state index contributed by atoms with van der Waals surface area (Å²) in [5.74, 6) is 1.83. The van der Waals surface area contributed by atoms with Crippen molar-refractivity contribution in [1.82, 2.24) is 9.55 Å². The molecule has 0 amide bonds. The average molecular weight is 262 g/mol. The molecule has 0 spiro atoms. The second kappa shape index (κ2) is 5.95. The van der Waals surface area contributed by atoms with Crippen molar-refractivity contribution in [3.8, 4) is 0 Å². The number of piperidine rings is 1. The minimum atomic E-state index is 0.644. The van der Waals surface area contributed by atoms with Crippen LogP contribution in [-0.4, -0.2) is 29.2 Å². The summed E-state index contributed by atoms with van der Waals surface area (Å²) in [5.41, 5.74) is 5.85. The Morgan fingerprint density at radius 1 is 1.16 bits per heavy atom. The molecule has 19 heavy (non-hydrogen) atoms. The summed E-state index contributed by atoms with van der Waals surface area (Å²) in [6.45, 7) is 3.03. The molecule has 1 aliphatic carbocycles. The Balaban J connectivity index is 1.75. The maximum atomic E-state index is 5.85. The van der Waals surface area contributed by atoms with Gasteiger partial charge in [0.1, 0.15) is 0 Å². The second-order valence-corrected chi connectivity index (χ2v) is 6.12. The highest BCUT2D eigenvalue weighted by Gasteiger charge is 2.24. The Hall–Kier alpha value is -1.03. The van der Waals surface area contributed by atoms with Crippen molar-refractivity contribution in [3.63, 3.8) is 0 Å². The normalized spacial score (nSPS) is 25.7. The van der Waals surface area contributed by atoms with Crippen molar-refractivity contribution >= 4 is 5.95 Å². The van der Waals surface area contributed by atoms with Crippen molar-refractivity contribution in [3.05, 3.63) is 12.4 Å². The van der Waals surface area contributed by atoms with E-state index < -0.39 is 0 Å². The van der Waals surface area contributed by atoms with Gasteiger partial charge < -0.3 is 15.2 Å². The molecule has 1 saturated heterocycles. The molecule has 106 valence electrons. The van der Waals surface area contributed by atoms with E-state index >= 15 is 0 Å². The first-order chi connectivity index (χ1) is 9.38. The van der Waals surface area contributed by atoms with Crippen LogP contribution in [0.2, 0.25) is 0 Å². The van der Waals surface area contributed by atoms with Crippen LogP contribution in [0.25, 0.3) is 0 Å². The van der Waals surface area contributed by atoms with Gasteiger partial charge in [-0.3, -0.25) is 0 Å². The summed E-state index contributed by atoms with van der Waals surface area (Å²) < 4.78 is 2.43. The van der Waals surface area contributed by atoms with Gasteiger partial charge in [-0.05, 0) is 38.1 Å². The molecule has 2 aliphatic rings. The molecule has 0 bridgehead atoms. The van der Waals surface area contributed by atoms with Gasteiger partial charge in [-0.1, -0.05) is 19.3 Å². The first-order valence-corrected chi connectivity index (χ1v) is 7.86. The fraction of sp³-hybridized carbons (Fsp3) is 0.800. The van der Waals surface area contributed by atoms with Gasteiger partial charge in [0.25, 0.3) is 0 Å². The van der Waals surface area contributed by atoms with Crippen LogP contribution >= 0.6 is 0 Å². The van der Waals surface area contributed by atoms with E-state index in [2.05, 4.69) is 20.6 Å². The van der Waals surface area contributed by atoms with E-state index in [1.807, 2.05) is 6.20 Å². The minimum Gasteiger partial charge on any atom is -0.342 e. The number of hydrogen-bond donors (Lipinski definition) is 1. The van der Waals surface area contributed by atoms with Crippen LogP contribution in [0.4, 0.5) is 5.95 Å². The van der Waals surface area contributed by atoms with E-state index in [0.717, 1.165) is 19.6 Å². The third-order valence-electron chi connectivity index (χ3n) is 4.75. The van der Waals surface area contributed by atoms with E-state index in [1.165, 1.54) is 50.9 Å². The Labute approximate surface area is 116 Å². The van der Waals surface area contributed by atoms with Crippen LogP contribution < -0.4 is 10.6 Å². The molecule has 2 N–H and O–H groups in total. The number of imidazole rings is 1. The number of anilines is 1. The Bertz CT molecular complexity index is 395. The van der Waals surface area contributed by atoms with Gasteiger partial charge >= 0.3 is 0 Å². The molecule has 1 aromatic heterocycles. The topological polar surface area (TPSA) is 47.1 Å². The number of nitrogens with two attached hydrogens (primary N) is 1. The monoisotopic (exact) mass is 262 g/mol. The zero-order chi connectivity index (χ0) is 13.1. The van der Waals surface area contributed by atoms with Crippen LogP contribution in [-0.2, 0) is 0 Å². The van der Waals surface area contributed by atoms with Gasteiger partial charge in [0, 0.05) is 31.5 Å². The smallest absolute Gasteiger partial charge is 0.205 e. The van der Waals surface area contributed by atoms with Gasteiger partial charge in [0.05, 0.1) is 0 Å². The Morgan fingerprint density at radius 2 is 2.00 bits per heavy atom. The summed E-state index contributed by atoms with van der Waals surface area (Å²) in [5, 5.41) is 0. The lowest BCUT2D eigenvalue weighted by atomic mass is 9.95. The molecular formula is C15H26N4. The van der Waals surface area contributed by atoms with Crippen molar-refractivity contribution < 1.29 is 0 Å². The third-order valence-corrected chi connectivity index (χ3v) is 4.75. The third kappa shape index (κ3) is 2.78. The molecule has 4 heteroatoms. The Kier molecular flexibility index (Phi) is 4.06. The number of hydrogen-bond acceptors (Lipinski definition) is 3. The van der Waals surface area contributed by atoms with Crippen LogP contribution in [0.1, 0.15) is 51.0 Å². The van der Waals surface area contributed by atoms with Crippen molar-refractivity contribution in [1.29, 1.82) is 0 Å². The van der Waals surface area contributed by atoms with Crippen molar-refractivity contribution in [2.75, 3.05) is 24.5 Å². The first kappa shape index (κ1) is 13.0. The van der Waals surface area contributed by atoms with Gasteiger partial charge in [-0.25, -0.2) is 4.98 Å². The fourth-order valence-electron chi connectivity index (χ4n) is 3.63. The quantitative estimate of drug-likeness (QED) is 0.910. The zero-order valence-corrected chi connectivity index (χ0v) is 11.8. The fourth-order valence-corrected chi connectivity index (χ4v) is 3.63. The SMILES string of the molecule is NCC1CCCN(c2nccn2C2CCCCC2)C1. The van der Waals surface area contributed by atoms with Gasteiger partial charge in [0.2, 0.25) is 5.95 Å². The largest absolute Gasteiger partial charge is 0.342 e. The van der Waals surface area contributed by atoms with Crippen LogP contribution in [0, 0.1) is 5.92 Å². The number of aromatic nitrogens is 2. The first-order valence-electron chi connectivity index (χ1n) is 7.86. The second-order valence-electron chi connectivity index (χ2n) is 6.12. The standard InChI is InChI=1S/C15H26N4/c16-11-13-5-4-9-18(12-13)15-17-8-10-19(15)14-6-2-1-3-7-14/h8,10,13-14H,1-7,9,11-12,16H2. The summed E-state index contributed by atoms with van der Waals surface area (Å²) in [6.07, 6.45) is 13.4. The molecule has 0 radical (unpaired) electrons. The van der Waals surface area contributed by atoms with Crippen LogP contribution in [0.15, 0.2) is 12.4 Å². The summed E-state index contributed by atoms with van der Waals surface area (Å²) in [4.78, 5) is 7.09. The van der Waals surface area contributed by atoms with E-state index in [0.29, 0.717) is 12.0 Å². The van der Waals surface area contributed by atoms with Crippen molar-refractivity contribution in [2.24, 2.45) is 11.7 Å². The highest BCUT2D eigenvalue weighted by molar-refractivity contribution is 5.33. The molecule has 4 nitrogen and oxygen atoms in total. The number of rotatable bonds is 3. The maximum absolute atomic E-state index is 5.85. The molecular weight excluding hydrogens is 236 g/mol. The van der Waals surface area contributed by atoms with E-state index in [9.17, 15) is 0 Å². The van der Waals surface area contributed by atoms with Crippen LogP contribution in [0.3, 0.4) is 0 Å². The number of nitrogens with zero attached hydrogens (tertiary/aromatic N) is 3. The molecule has 2 heterocycles. The van der Waals surface area contributed by atoms with Gasteiger partial charge in [-0.2, -0.15) is 0 Å². The lowest BCUT2D eigenvalue weighted by Gasteiger charge is -2.35. The van der Waals surface area contributed by atoms with Gasteiger partial charge in [0.15, 0.2) is 0 Å². The Morgan fingerprint density at radius 3 is 2.79 bits per heavy atom. The zero-order valence-electron chi connectivity index (χ0n) is 11.8. The maximum Gasteiger partial charge on any atom is 0.205 e. The molecule has 1 unspecified atom stereocenters. The molecule has 1 aromatic rings.